The third-order valence-corrected chi connectivity index (χ3v) is 2.07. The van der Waals surface area contributed by atoms with Crippen LogP contribution in [-0.2, 0) is 14.3 Å². The summed E-state index contributed by atoms with van der Waals surface area (Å²) in [5.41, 5.74) is 0. The molecule has 0 rings (SSSR count). The highest BCUT2D eigenvalue weighted by atomic mass is 16.7. The van der Waals surface area contributed by atoms with Crippen molar-refractivity contribution < 1.29 is 19.4 Å². The number of rotatable bonds is 8. The van der Waals surface area contributed by atoms with Crippen molar-refractivity contribution in [3.63, 3.8) is 0 Å². The first-order valence-electron chi connectivity index (χ1n) is 5.11. The van der Waals surface area contributed by atoms with E-state index in [9.17, 15) is 4.79 Å². The quantitative estimate of drug-likeness (QED) is 0.454. The lowest BCUT2D eigenvalue weighted by Crippen LogP contribution is -2.42. The van der Waals surface area contributed by atoms with Gasteiger partial charge in [-0.3, -0.25) is 4.79 Å². The minimum atomic E-state index is -0.424. The van der Waals surface area contributed by atoms with Crippen LogP contribution in [0, 0.1) is 0 Å². The summed E-state index contributed by atoms with van der Waals surface area (Å²) in [5, 5.41) is 11.3. The van der Waals surface area contributed by atoms with Gasteiger partial charge in [-0.05, 0) is 19.8 Å². The van der Waals surface area contributed by atoms with E-state index >= 15 is 0 Å². The van der Waals surface area contributed by atoms with Gasteiger partial charge >= 0.3 is 0 Å². The van der Waals surface area contributed by atoms with Gasteiger partial charge in [-0.25, -0.2) is 0 Å². The first-order chi connectivity index (χ1) is 7.15. The maximum Gasteiger partial charge on any atom is 0.220 e. The molecular weight excluding hydrogens is 198 g/mol. The second-order valence-corrected chi connectivity index (χ2v) is 3.38. The predicted octanol–water partition coefficient (Wildman–Crippen LogP) is 0.273. The Balaban J connectivity index is 3.74. The summed E-state index contributed by atoms with van der Waals surface area (Å²) in [4.78, 5) is 11.4. The number of carbonyl (C=O) groups excluding carboxylic acids is 1. The minimum Gasteiger partial charge on any atom is -0.396 e. The number of unbranched alkanes of at least 4 members (excludes halogenated alkanes) is 1. The van der Waals surface area contributed by atoms with Gasteiger partial charge in [0.05, 0.1) is 6.04 Å². The Morgan fingerprint density at radius 3 is 2.40 bits per heavy atom. The average molecular weight is 219 g/mol. The number of ether oxygens (including phenoxy) is 2. The van der Waals surface area contributed by atoms with E-state index in [-0.39, 0.29) is 18.6 Å². The third kappa shape index (κ3) is 6.43. The molecule has 15 heavy (non-hydrogen) atoms. The summed E-state index contributed by atoms with van der Waals surface area (Å²) in [6.45, 7) is 1.95. The Kier molecular flexibility index (Phi) is 8.27. The summed E-state index contributed by atoms with van der Waals surface area (Å²) in [6, 6.07) is -0.179. The smallest absolute Gasteiger partial charge is 0.220 e. The van der Waals surface area contributed by atoms with Gasteiger partial charge in [0.15, 0.2) is 6.29 Å². The summed E-state index contributed by atoms with van der Waals surface area (Å²) < 4.78 is 10.0. The van der Waals surface area contributed by atoms with Crippen LogP contribution in [0.3, 0.4) is 0 Å². The monoisotopic (exact) mass is 219 g/mol. The Bertz CT molecular complexity index is 171. The zero-order valence-corrected chi connectivity index (χ0v) is 9.66. The fourth-order valence-electron chi connectivity index (χ4n) is 1.30. The first kappa shape index (κ1) is 14.3. The molecule has 5 heteroatoms. The fraction of sp³-hybridized carbons (Fsp3) is 0.900. The van der Waals surface area contributed by atoms with E-state index in [2.05, 4.69) is 5.32 Å². The van der Waals surface area contributed by atoms with Crippen LogP contribution in [0.1, 0.15) is 26.2 Å². The molecule has 0 aromatic carbocycles. The van der Waals surface area contributed by atoms with E-state index in [1.807, 2.05) is 6.92 Å². The molecule has 1 atom stereocenters. The summed E-state index contributed by atoms with van der Waals surface area (Å²) in [5.74, 6) is -0.0462. The maximum absolute atomic E-state index is 11.4. The Hall–Kier alpha value is -0.650. The zero-order chi connectivity index (χ0) is 11.7. The number of hydrogen-bond acceptors (Lipinski definition) is 4. The number of carbonyl (C=O) groups is 1. The molecule has 0 saturated carbocycles. The standard InChI is InChI=1S/C10H21NO4/c1-8(10(14-2)15-3)11-9(13)6-4-5-7-12/h8,10,12H,4-7H2,1-3H3,(H,11,13). The van der Waals surface area contributed by atoms with Gasteiger partial charge in [0, 0.05) is 27.2 Å². The normalized spacial score (nSPS) is 12.9. The average Bonchev–Trinajstić information content (AvgIpc) is 2.20. The van der Waals surface area contributed by atoms with Crippen LogP contribution in [0.4, 0.5) is 0 Å². The van der Waals surface area contributed by atoms with Gasteiger partial charge in [-0.15, -0.1) is 0 Å². The number of amides is 1. The second kappa shape index (κ2) is 8.64. The van der Waals surface area contributed by atoms with Gasteiger partial charge in [-0.2, -0.15) is 0 Å². The van der Waals surface area contributed by atoms with Crippen LogP contribution >= 0.6 is 0 Å². The highest BCUT2D eigenvalue weighted by Gasteiger charge is 2.17. The molecule has 0 aliphatic rings. The van der Waals surface area contributed by atoms with E-state index in [1.54, 1.807) is 0 Å². The molecule has 1 unspecified atom stereocenters. The maximum atomic E-state index is 11.4. The number of nitrogens with one attached hydrogen (secondary N) is 1. The Morgan fingerprint density at radius 1 is 1.33 bits per heavy atom. The van der Waals surface area contributed by atoms with E-state index in [1.165, 1.54) is 14.2 Å². The number of hydrogen-bond donors (Lipinski definition) is 2. The minimum absolute atomic E-state index is 0.0462. The Morgan fingerprint density at radius 2 is 1.93 bits per heavy atom. The van der Waals surface area contributed by atoms with Crippen LogP contribution in [0.2, 0.25) is 0 Å². The van der Waals surface area contributed by atoms with Crippen LogP contribution < -0.4 is 5.32 Å². The molecule has 0 aromatic rings. The molecule has 0 aliphatic carbocycles. The largest absolute Gasteiger partial charge is 0.396 e. The molecule has 0 saturated heterocycles. The van der Waals surface area contributed by atoms with Gasteiger partial charge in [-0.1, -0.05) is 0 Å². The molecule has 0 aromatic heterocycles. The summed E-state index contributed by atoms with van der Waals surface area (Å²) in [6.07, 6.45) is 1.34. The predicted molar refractivity (Wildman–Crippen MR) is 56.3 cm³/mol. The van der Waals surface area contributed by atoms with Crippen molar-refractivity contribution in [1.29, 1.82) is 0 Å². The van der Waals surface area contributed by atoms with Crippen molar-refractivity contribution in [2.45, 2.75) is 38.5 Å². The molecule has 1 amide bonds. The van der Waals surface area contributed by atoms with Crippen molar-refractivity contribution >= 4 is 5.91 Å². The number of methoxy groups -OCH3 is 2. The molecule has 5 nitrogen and oxygen atoms in total. The summed E-state index contributed by atoms with van der Waals surface area (Å²) in [7, 11) is 3.06. The van der Waals surface area contributed by atoms with Crippen LogP contribution in [0.25, 0.3) is 0 Å². The lowest BCUT2D eigenvalue weighted by molar-refractivity contribution is -0.135. The van der Waals surface area contributed by atoms with Crippen molar-refractivity contribution in [2.24, 2.45) is 0 Å². The SMILES string of the molecule is COC(OC)C(C)NC(=O)CCCCO. The van der Waals surface area contributed by atoms with E-state index in [4.69, 9.17) is 14.6 Å². The molecule has 0 heterocycles. The van der Waals surface area contributed by atoms with Crippen molar-refractivity contribution in [2.75, 3.05) is 20.8 Å². The lowest BCUT2D eigenvalue weighted by atomic mass is 10.2. The fourth-order valence-corrected chi connectivity index (χ4v) is 1.30. The Labute approximate surface area is 90.8 Å². The van der Waals surface area contributed by atoms with Crippen molar-refractivity contribution in [1.82, 2.24) is 5.32 Å². The zero-order valence-electron chi connectivity index (χ0n) is 9.66. The molecular formula is C10H21NO4. The molecule has 0 spiro atoms. The summed E-state index contributed by atoms with van der Waals surface area (Å²) >= 11 is 0. The van der Waals surface area contributed by atoms with Crippen LogP contribution in [0.15, 0.2) is 0 Å². The molecule has 0 radical (unpaired) electrons. The van der Waals surface area contributed by atoms with E-state index in [0.29, 0.717) is 19.3 Å². The van der Waals surface area contributed by atoms with Crippen molar-refractivity contribution in [3.05, 3.63) is 0 Å². The lowest BCUT2D eigenvalue weighted by Gasteiger charge is -2.22. The number of aliphatic hydroxyl groups excluding tert-OH is 1. The van der Waals surface area contributed by atoms with Gasteiger partial charge < -0.3 is 19.9 Å². The van der Waals surface area contributed by atoms with Crippen LogP contribution in [-0.4, -0.2) is 44.2 Å². The van der Waals surface area contributed by atoms with Gasteiger partial charge in [0.25, 0.3) is 0 Å². The molecule has 0 bridgehead atoms. The third-order valence-electron chi connectivity index (χ3n) is 2.07. The van der Waals surface area contributed by atoms with Gasteiger partial charge in [0.2, 0.25) is 5.91 Å². The van der Waals surface area contributed by atoms with Crippen molar-refractivity contribution in [3.8, 4) is 0 Å². The highest BCUT2D eigenvalue weighted by molar-refractivity contribution is 5.76. The van der Waals surface area contributed by atoms with E-state index in [0.717, 1.165) is 0 Å². The first-order valence-corrected chi connectivity index (χ1v) is 5.11. The molecule has 0 aliphatic heterocycles. The topological polar surface area (TPSA) is 67.8 Å². The number of aliphatic hydroxyl groups is 1. The molecule has 90 valence electrons. The van der Waals surface area contributed by atoms with E-state index < -0.39 is 6.29 Å². The molecule has 2 N–H and O–H groups in total. The van der Waals surface area contributed by atoms with Crippen LogP contribution in [0.5, 0.6) is 0 Å². The van der Waals surface area contributed by atoms with Gasteiger partial charge in [0.1, 0.15) is 0 Å². The molecule has 0 fully saturated rings. The second-order valence-electron chi connectivity index (χ2n) is 3.38. The highest BCUT2D eigenvalue weighted by Crippen LogP contribution is 2.00.